The molecule has 0 aromatic carbocycles. The Morgan fingerprint density at radius 2 is 2.08 bits per heavy atom. The number of carbonyl (C=O) groups excluding carboxylic acids is 3. The highest BCUT2D eigenvalue weighted by molar-refractivity contribution is 7.14. The molecule has 3 rings (SSSR count). The van der Waals surface area contributed by atoms with E-state index in [0.29, 0.717) is 23.6 Å². The van der Waals surface area contributed by atoms with Crippen molar-refractivity contribution in [2.45, 2.75) is 58.3 Å². The number of amides is 1. The van der Waals surface area contributed by atoms with E-state index < -0.39 is 23.7 Å². The van der Waals surface area contributed by atoms with E-state index in [1.54, 1.807) is 11.0 Å². The first-order valence-electron chi connectivity index (χ1n) is 8.01. The summed E-state index contributed by atoms with van der Waals surface area (Å²) in [6.45, 7) is 7.14. The first-order chi connectivity index (χ1) is 11.2. The molecule has 1 amide bonds. The van der Waals surface area contributed by atoms with Crippen molar-refractivity contribution in [3.8, 4) is 5.75 Å². The Balaban J connectivity index is 2.12. The first kappa shape index (κ1) is 17.0. The van der Waals surface area contributed by atoms with E-state index in [-0.39, 0.29) is 11.7 Å². The number of ether oxygens (including phenoxy) is 2. The van der Waals surface area contributed by atoms with Crippen molar-refractivity contribution in [1.29, 1.82) is 0 Å². The summed E-state index contributed by atoms with van der Waals surface area (Å²) in [4.78, 5) is 38.9. The zero-order valence-corrected chi connectivity index (χ0v) is 15.1. The van der Waals surface area contributed by atoms with E-state index in [2.05, 4.69) is 0 Å². The summed E-state index contributed by atoms with van der Waals surface area (Å²) in [6, 6.07) is 1.31. The Labute approximate surface area is 144 Å². The van der Waals surface area contributed by atoms with Crippen molar-refractivity contribution >= 4 is 29.0 Å². The molecule has 1 aromatic rings. The molecular formula is C17H21NO5S. The maximum Gasteiger partial charge on any atom is 0.303 e. The number of rotatable bonds is 3. The number of carbonyl (C=O) groups is 3. The normalized spacial score (nSPS) is 25.2. The van der Waals surface area contributed by atoms with Crippen molar-refractivity contribution in [2.75, 3.05) is 6.54 Å². The second-order valence-corrected chi connectivity index (χ2v) is 7.85. The summed E-state index contributed by atoms with van der Waals surface area (Å²) in [5, 5.41) is 0. The molecule has 0 radical (unpaired) electrons. The van der Waals surface area contributed by atoms with Crippen LogP contribution in [-0.4, -0.2) is 40.8 Å². The number of fused-ring (bicyclic) bond motifs is 1. The third-order valence-electron chi connectivity index (χ3n) is 4.42. The van der Waals surface area contributed by atoms with Crippen LogP contribution in [0.3, 0.4) is 0 Å². The number of thiophene rings is 1. The number of hydrogen-bond acceptors (Lipinski definition) is 6. The molecule has 24 heavy (non-hydrogen) atoms. The van der Waals surface area contributed by atoms with Gasteiger partial charge in [-0.1, -0.05) is 0 Å². The molecule has 3 heterocycles. The molecule has 2 unspecified atom stereocenters. The summed E-state index contributed by atoms with van der Waals surface area (Å²) < 4.78 is 11.6. The van der Waals surface area contributed by atoms with E-state index in [9.17, 15) is 14.4 Å². The molecule has 130 valence electrons. The van der Waals surface area contributed by atoms with Crippen molar-refractivity contribution in [2.24, 2.45) is 0 Å². The van der Waals surface area contributed by atoms with E-state index >= 15 is 0 Å². The first-order valence-corrected chi connectivity index (χ1v) is 8.82. The largest absolute Gasteiger partial charge is 0.483 e. The zero-order chi connectivity index (χ0) is 17.6. The van der Waals surface area contributed by atoms with Crippen molar-refractivity contribution in [3.05, 3.63) is 15.8 Å². The van der Waals surface area contributed by atoms with Gasteiger partial charge in [0.1, 0.15) is 17.4 Å². The topological polar surface area (TPSA) is 72.9 Å². The quantitative estimate of drug-likeness (QED) is 0.618. The highest BCUT2D eigenvalue weighted by atomic mass is 32.1. The molecular weight excluding hydrogens is 330 g/mol. The maximum atomic E-state index is 12.3. The molecule has 0 aliphatic carbocycles. The highest BCUT2D eigenvalue weighted by Gasteiger charge is 2.51. The second kappa shape index (κ2) is 5.88. The molecule has 1 fully saturated rings. The minimum Gasteiger partial charge on any atom is -0.483 e. The lowest BCUT2D eigenvalue weighted by atomic mass is 9.89. The van der Waals surface area contributed by atoms with Crippen molar-refractivity contribution in [3.63, 3.8) is 0 Å². The van der Waals surface area contributed by atoms with E-state index in [1.807, 2.05) is 13.8 Å². The number of Topliss-reactive ketones (excluding diaryl/α,β-unsaturated/α-hetero) is 1. The van der Waals surface area contributed by atoms with E-state index in [1.165, 1.54) is 25.2 Å². The van der Waals surface area contributed by atoms with Crippen LogP contribution in [0.15, 0.2) is 6.07 Å². The Kier molecular flexibility index (Phi) is 4.15. The number of ketones is 1. The molecule has 2 aliphatic heterocycles. The third-order valence-corrected chi connectivity index (χ3v) is 5.71. The molecule has 7 heteroatoms. The molecule has 0 N–H and O–H groups in total. The number of nitrogens with zero attached hydrogens (tertiary/aromatic N) is 1. The van der Waals surface area contributed by atoms with Gasteiger partial charge in [-0.2, -0.15) is 0 Å². The molecule has 1 saturated heterocycles. The lowest BCUT2D eigenvalue weighted by Crippen LogP contribution is -2.55. The van der Waals surface area contributed by atoms with Gasteiger partial charge in [0.2, 0.25) is 5.91 Å². The van der Waals surface area contributed by atoms with Gasteiger partial charge in [0.05, 0.1) is 9.75 Å². The Morgan fingerprint density at radius 3 is 2.62 bits per heavy atom. The smallest absolute Gasteiger partial charge is 0.303 e. The summed E-state index contributed by atoms with van der Waals surface area (Å²) in [7, 11) is 0. The van der Waals surface area contributed by atoms with Gasteiger partial charge in [-0.3, -0.25) is 14.4 Å². The van der Waals surface area contributed by atoms with Crippen molar-refractivity contribution < 1.29 is 23.9 Å². The van der Waals surface area contributed by atoms with Crippen LogP contribution in [0.1, 0.15) is 61.1 Å². The minimum absolute atomic E-state index is 0.0403. The SMILES string of the molecule is CC(=O)OC1C(N2CCCC2=O)c2sc(C(C)=O)cc2OC1(C)C. The molecule has 2 aliphatic rings. The van der Waals surface area contributed by atoms with Gasteiger partial charge in [-0.05, 0) is 27.2 Å². The van der Waals surface area contributed by atoms with Gasteiger partial charge in [-0.25, -0.2) is 0 Å². The maximum absolute atomic E-state index is 12.3. The molecule has 0 bridgehead atoms. The molecule has 0 spiro atoms. The predicted molar refractivity (Wildman–Crippen MR) is 88.3 cm³/mol. The number of esters is 1. The molecule has 2 atom stereocenters. The fourth-order valence-corrected chi connectivity index (χ4v) is 4.48. The third kappa shape index (κ3) is 2.81. The van der Waals surface area contributed by atoms with Crippen LogP contribution < -0.4 is 4.74 Å². The van der Waals surface area contributed by atoms with Gasteiger partial charge in [0.15, 0.2) is 11.9 Å². The summed E-state index contributed by atoms with van der Waals surface area (Å²) in [5.74, 6) is 0.174. The van der Waals surface area contributed by atoms with Gasteiger partial charge in [0.25, 0.3) is 0 Å². The standard InChI is InChI=1S/C17H21NO5S/c1-9(19)12-8-11-15(24-12)14(18-7-5-6-13(18)21)16(22-10(2)20)17(3,4)23-11/h8,14,16H,5-7H2,1-4H3. The zero-order valence-electron chi connectivity index (χ0n) is 14.3. The van der Waals surface area contributed by atoms with Crippen LogP contribution in [0.4, 0.5) is 0 Å². The Morgan fingerprint density at radius 1 is 1.38 bits per heavy atom. The average Bonchev–Trinajstić information content (AvgIpc) is 3.05. The predicted octanol–water partition coefficient (Wildman–Crippen LogP) is 2.72. The Hall–Kier alpha value is -1.89. The average molecular weight is 351 g/mol. The fourth-order valence-electron chi connectivity index (χ4n) is 3.36. The second-order valence-electron chi connectivity index (χ2n) is 6.77. The van der Waals surface area contributed by atoms with Gasteiger partial charge < -0.3 is 14.4 Å². The van der Waals surface area contributed by atoms with Crippen LogP contribution in [0.5, 0.6) is 5.75 Å². The Bertz CT molecular complexity index is 708. The van der Waals surface area contributed by atoms with Crippen LogP contribution >= 0.6 is 11.3 Å². The van der Waals surface area contributed by atoms with Gasteiger partial charge in [-0.15, -0.1) is 11.3 Å². The molecule has 0 saturated carbocycles. The molecule has 1 aromatic heterocycles. The van der Waals surface area contributed by atoms with Crippen LogP contribution in [0.25, 0.3) is 0 Å². The summed E-state index contributed by atoms with van der Waals surface area (Å²) in [5.41, 5.74) is -0.804. The van der Waals surface area contributed by atoms with E-state index in [0.717, 1.165) is 11.3 Å². The lowest BCUT2D eigenvalue weighted by Gasteiger charge is -2.45. The lowest BCUT2D eigenvalue weighted by molar-refractivity contribution is -0.171. The minimum atomic E-state index is -0.804. The van der Waals surface area contributed by atoms with E-state index in [4.69, 9.17) is 9.47 Å². The number of likely N-dealkylation sites (tertiary alicyclic amines) is 1. The van der Waals surface area contributed by atoms with Gasteiger partial charge in [0, 0.05) is 26.0 Å². The van der Waals surface area contributed by atoms with Crippen LogP contribution in [0, 0.1) is 0 Å². The fraction of sp³-hybridized carbons (Fsp3) is 0.588. The van der Waals surface area contributed by atoms with Crippen molar-refractivity contribution in [1.82, 2.24) is 4.90 Å². The van der Waals surface area contributed by atoms with Crippen LogP contribution in [0.2, 0.25) is 0 Å². The molecule has 6 nitrogen and oxygen atoms in total. The highest BCUT2D eigenvalue weighted by Crippen LogP contribution is 2.49. The van der Waals surface area contributed by atoms with Crippen LogP contribution in [-0.2, 0) is 14.3 Å². The number of hydrogen-bond donors (Lipinski definition) is 0. The summed E-state index contributed by atoms with van der Waals surface area (Å²) in [6.07, 6.45) is 0.650. The van der Waals surface area contributed by atoms with Gasteiger partial charge >= 0.3 is 5.97 Å². The summed E-state index contributed by atoms with van der Waals surface area (Å²) >= 11 is 1.31. The monoisotopic (exact) mass is 351 g/mol.